The van der Waals surface area contributed by atoms with Gasteiger partial charge >= 0.3 is 0 Å². The molecule has 0 aromatic heterocycles. The van der Waals surface area contributed by atoms with Crippen molar-refractivity contribution >= 4 is 11.6 Å². The summed E-state index contributed by atoms with van der Waals surface area (Å²) in [4.78, 5) is 14.7. The number of piperidine rings is 1. The summed E-state index contributed by atoms with van der Waals surface area (Å²) in [7, 11) is 0. The first kappa shape index (κ1) is 15.8. The standard InChI is InChI=1S/C17H27N3O/c1-3-15-6-4-5-10-20(15)11-9-19-17(21)16-12-14(18)8-7-13(16)2/h7-8,12,15H,3-6,9-11,18H2,1-2H3,(H,19,21). The maximum absolute atomic E-state index is 12.2. The number of hydrogen-bond acceptors (Lipinski definition) is 3. The molecule has 0 radical (unpaired) electrons. The summed E-state index contributed by atoms with van der Waals surface area (Å²) in [5, 5.41) is 3.02. The van der Waals surface area contributed by atoms with Crippen LogP contribution in [0.4, 0.5) is 5.69 Å². The summed E-state index contributed by atoms with van der Waals surface area (Å²) in [6, 6.07) is 6.15. The number of nitrogens with two attached hydrogens (primary N) is 1. The third kappa shape index (κ3) is 4.21. The number of benzene rings is 1. The fourth-order valence-corrected chi connectivity index (χ4v) is 3.11. The zero-order valence-corrected chi connectivity index (χ0v) is 13.2. The van der Waals surface area contributed by atoms with Crippen LogP contribution in [0.3, 0.4) is 0 Å². The predicted octanol–water partition coefficient (Wildman–Crippen LogP) is 2.57. The predicted molar refractivity (Wildman–Crippen MR) is 87.4 cm³/mol. The fraction of sp³-hybridized carbons (Fsp3) is 0.588. The third-order valence-electron chi connectivity index (χ3n) is 4.41. The van der Waals surface area contributed by atoms with Gasteiger partial charge in [0.25, 0.3) is 5.91 Å². The number of rotatable bonds is 5. The number of anilines is 1. The average molecular weight is 289 g/mol. The highest BCUT2D eigenvalue weighted by atomic mass is 16.1. The Labute approximate surface area is 127 Å². The Hall–Kier alpha value is -1.55. The molecule has 4 heteroatoms. The molecule has 1 unspecified atom stereocenters. The smallest absolute Gasteiger partial charge is 0.251 e. The van der Waals surface area contributed by atoms with E-state index in [0.717, 1.165) is 18.7 Å². The van der Waals surface area contributed by atoms with Gasteiger partial charge in [0.1, 0.15) is 0 Å². The van der Waals surface area contributed by atoms with E-state index in [9.17, 15) is 4.79 Å². The molecular weight excluding hydrogens is 262 g/mol. The molecule has 2 rings (SSSR count). The van der Waals surface area contributed by atoms with Crippen molar-refractivity contribution in [2.24, 2.45) is 0 Å². The van der Waals surface area contributed by atoms with Crippen molar-refractivity contribution in [2.45, 2.75) is 45.6 Å². The number of aryl methyl sites for hydroxylation is 1. The highest BCUT2D eigenvalue weighted by molar-refractivity contribution is 5.96. The second-order valence-electron chi connectivity index (χ2n) is 5.92. The zero-order chi connectivity index (χ0) is 15.2. The van der Waals surface area contributed by atoms with Crippen LogP contribution in [0, 0.1) is 6.92 Å². The SMILES string of the molecule is CCC1CCCCN1CCNC(=O)c1cc(N)ccc1C. The summed E-state index contributed by atoms with van der Waals surface area (Å²) in [5.41, 5.74) is 8.04. The van der Waals surface area contributed by atoms with Crippen LogP contribution in [0.5, 0.6) is 0 Å². The number of likely N-dealkylation sites (tertiary alicyclic amines) is 1. The lowest BCUT2D eigenvalue weighted by Crippen LogP contribution is -2.43. The first-order chi connectivity index (χ1) is 10.1. The van der Waals surface area contributed by atoms with Crippen LogP contribution in [0.15, 0.2) is 18.2 Å². The van der Waals surface area contributed by atoms with Gasteiger partial charge < -0.3 is 11.1 Å². The van der Waals surface area contributed by atoms with E-state index in [0.29, 0.717) is 23.8 Å². The largest absolute Gasteiger partial charge is 0.399 e. The normalized spacial score (nSPS) is 19.4. The molecule has 4 nitrogen and oxygen atoms in total. The number of carbonyl (C=O) groups is 1. The van der Waals surface area contributed by atoms with E-state index in [2.05, 4.69) is 17.1 Å². The molecule has 1 aliphatic rings. The van der Waals surface area contributed by atoms with Gasteiger partial charge in [-0.1, -0.05) is 19.4 Å². The summed E-state index contributed by atoms with van der Waals surface area (Å²) < 4.78 is 0. The van der Waals surface area contributed by atoms with Crippen molar-refractivity contribution in [3.63, 3.8) is 0 Å². The number of nitrogens with zero attached hydrogens (tertiary/aromatic N) is 1. The van der Waals surface area contributed by atoms with E-state index >= 15 is 0 Å². The van der Waals surface area contributed by atoms with Crippen molar-refractivity contribution in [3.8, 4) is 0 Å². The van der Waals surface area contributed by atoms with Crippen LogP contribution in [-0.4, -0.2) is 36.5 Å². The van der Waals surface area contributed by atoms with Crippen LogP contribution in [-0.2, 0) is 0 Å². The van der Waals surface area contributed by atoms with Crippen molar-refractivity contribution in [2.75, 3.05) is 25.4 Å². The van der Waals surface area contributed by atoms with Gasteiger partial charge in [0.05, 0.1) is 0 Å². The molecule has 3 N–H and O–H groups in total. The van der Waals surface area contributed by atoms with Gasteiger partial charge in [0.2, 0.25) is 0 Å². The third-order valence-corrected chi connectivity index (χ3v) is 4.41. The molecule has 0 spiro atoms. The highest BCUT2D eigenvalue weighted by Gasteiger charge is 2.20. The van der Waals surface area contributed by atoms with Gasteiger partial charge in [-0.3, -0.25) is 9.69 Å². The monoisotopic (exact) mass is 289 g/mol. The maximum atomic E-state index is 12.2. The quantitative estimate of drug-likeness (QED) is 0.819. The maximum Gasteiger partial charge on any atom is 0.251 e. The van der Waals surface area contributed by atoms with Crippen molar-refractivity contribution in [1.29, 1.82) is 0 Å². The second kappa shape index (κ2) is 7.46. The van der Waals surface area contributed by atoms with E-state index < -0.39 is 0 Å². The summed E-state index contributed by atoms with van der Waals surface area (Å²) in [6.07, 6.45) is 5.10. The minimum atomic E-state index is -0.0233. The number of nitrogen functional groups attached to an aromatic ring is 1. The highest BCUT2D eigenvalue weighted by Crippen LogP contribution is 2.18. The molecule has 1 fully saturated rings. The van der Waals surface area contributed by atoms with Crippen LogP contribution >= 0.6 is 0 Å². The van der Waals surface area contributed by atoms with E-state index in [1.807, 2.05) is 19.1 Å². The second-order valence-corrected chi connectivity index (χ2v) is 5.92. The van der Waals surface area contributed by atoms with E-state index in [1.165, 1.54) is 25.7 Å². The summed E-state index contributed by atoms with van der Waals surface area (Å²) >= 11 is 0. The van der Waals surface area contributed by atoms with Crippen molar-refractivity contribution < 1.29 is 4.79 Å². The van der Waals surface area contributed by atoms with Gasteiger partial charge in [-0.2, -0.15) is 0 Å². The molecule has 1 atom stereocenters. The molecular formula is C17H27N3O. The Morgan fingerprint density at radius 3 is 3.00 bits per heavy atom. The van der Waals surface area contributed by atoms with Gasteiger partial charge in [-0.25, -0.2) is 0 Å². The molecule has 1 aromatic carbocycles. The Morgan fingerprint density at radius 1 is 1.43 bits per heavy atom. The van der Waals surface area contributed by atoms with Crippen LogP contribution in [0.2, 0.25) is 0 Å². The molecule has 1 aromatic rings. The number of nitrogens with one attached hydrogen (secondary N) is 1. The molecule has 0 saturated carbocycles. The number of hydrogen-bond donors (Lipinski definition) is 2. The first-order valence-electron chi connectivity index (χ1n) is 8.00. The van der Waals surface area contributed by atoms with Gasteiger partial charge in [-0.15, -0.1) is 0 Å². The Bertz CT molecular complexity index is 487. The minimum absolute atomic E-state index is 0.0233. The van der Waals surface area contributed by atoms with Crippen molar-refractivity contribution in [1.82, 2.24) is 10.2 Å². The van der Waals surface area contributed by atoms with Gasteiger partial charge in [-0.05, 0) is 50.4 Å². The zero-order valence-electron chi connectivity index (χ0n) is 13.2. The van der Waals surface area contributed by atoms with Crippen LogP contribution in [0.1, 0.15) is 48.5 Å². The molecule has 1 aliphatic heterocycles. The van der Waals surface area contributed by atoms with Crippen LogP contribution in [0.25, 0.3) is 0 Å². The summed E-state index contributed by atoms with van der Waals surface area (Å²) in [5.74, 6) is -0.0233. The lowest BCUT2D eigenvalue weighted by molar-refractivity contribution is 0.0933. The molecule has 0 bridgehead atoms. The molecule has 1 saturated heterocycles. The average Bonchev–Trinajstić information content (AvgIpc) is 2.50. The lowest BCUT2D eigenvalue weighted by Gasteiger charge is -2.35. The summed E-state index contributed by atoms with van der Waals surface area (Å²) in [6.45, 7) is 6.98. The Morgan fingerprint density at radius 2 is 2.24 bits per heavy atom. The van der Waals surface area contributed by atoms with E-state index in [4.69, 9.17) is 5.73 Å². The van der Waals surface area contributed by atoms with E-state index in [1.54, 1.807) is 6.07 Å². The lowest BCUT2D eigenvalue weighted by atomic mass is 10.0. The van der Waals surface area contributed by atoms with Crippen LogP contribution < -0.4 is 11.1 Å². The number of amides is 1. The topological polar surface area (TPSA) is 58.4 Å². The molecule has 0 aliphatic carbocycles. The fourth-order valence-electron chi connectivity index (χ4n) is 3.11. The Balaban J connectivity index is 1.85. The molecule has 1 heterocycles. The minimum Gasteiger partial charge on any atom is -0.399 e. The molecule has 1 amide bonds. The van der Waals surface area contributed by atoms with Crippen molar-refractivity contribution in [3.05, 3.63) is 29.3 Å². The van der Waals surface area contributed by atoms with Gasteiger partial charge in [0.15, 0.2) is 0 Å². The van der Waals surface area contributed by atoms with Gasteiger partial charge in [0, 0.05) is 30.4 Å². The molecule has 21 heavy (non-hydrogen) atoms. The number of carbonyl (C=O) groups excluding carboxylic acids is 1. The molecule has 116 valence electrons. The van der Waals surface area contributed by atoms with E-state index in [-0.39, 0.29) is 5.91 Å². The first-order valence-corrected chi connectivity index (χ1v) is 8.00. The Kier molecular flexibility index (Phi) is 5.62.